The summed E-state index contributed by atoms with van der Waals surface area (Å²) in [4.78, 5) is 23.5. The molecular formula is C18H18N4OS2. The van der Waals surface area contributed by atoms with Crippen LogP contribution in [0.4, 0.5) is 5.82 Å². The maximum atomic E-state index is 12.4. The summed E-state index contributed by atoms with van der Waals surface area (Å²) in [6.07, 6.45) is 4.25. The molecule has 4 heterocycles. The normalized spacial score (nSPS) is 14.0. The molecule has 25 heavy (non-hydrogen) atoms. The molecule has 1 fully saturated rings. The molecule has 0 unspecified atom stereocenters. The summed E-state index contributed by atoms with van der Waals surface area (Å²) < 4.78 is 0. The summed E-state index contributed by atoms with van der Waals surface area (Å²) in [6, 6.07) is 6.02. The summed E-state index contributed by atoms with van der Waals surface area (Å²) in [5.74, 6) is 0.856. The van der Waals surface area contributed by atoms with Crippen LogP contribution in [0.3, 0.4) is 0 Å². The quantitative estimate of drug-likeness (QED) is 0.742. The summed E-state index contributed by atoms with van der Waals surface area (Å²) in [7, 11) is 0. The zero-order chi connectivity index (χ0) is 17.1. The molecule has 0 aliphatic carbocycles. The van der Waals surface area contributed by atoms with Gasteiger partial charge in [0.25, 0.3) is 5.91 Å². The van der Waals surface area contributed by atoms with Crippen molar-refractivity contribution in [3.05, 3.63) is 51.8 Å². The molecule has 0 aromatic carbocycles. The number of hydrogen-bond acceptors (Lipinski definition) is 6. The fraction of sp³-hybridized carbons (Fsp3) is 0.278. The Morgan fingerprint density at radius 1 is 1.24 bits per heavy atom. The fourth-order valence-corrected chi connectivity index (χ4v) is 4.37. The van der Waals surface area contributed by atoms with Crippen LogP contribution in [0.2, 0.25) is 0 Å². The van der Waals surface area contributed by atoms with E-state index >= 15 is 0 Å². The van der Waals surface area contributed by atoms with E-state index in [0.29, 0.717) is 12.2 Å². The highest BCUT2D eigenvalue weighted by molar-refractivity contribution is 7.14. The SMILES string of the molecule is O=C(NCc1ccnc(N2CCCC2)c1)c1csc(-c2ccsc2)n1. The van der Waals surface area contributed by atoms with Crippen molar-refractivity contribution < 1.29 is 4.79 Å². The summed E-state index contributed by atoms with van der Waals surface area (Å²) >= 11 is 3.12. The Balaban J connectivity index is 1.39. The lowest BCUT2D eigenvalue weighted by molar-refractivity contribution is 0.0946. The van der Waals surface area contributed by atoms with Crippen molar-refractivity contribution in [1.29, 1.82) is 0 Å². The number of thiophene rings is 1. The molecule has 128 valence electrons. The Labute approximate surface area is 154 Å². The molecule has 4 rings (SSSR count). The van der Waals surface area contributed by atoms with E-state index in [9.17, 15) is 4.79 Å². The second-order valence-electron chi connectivity index (χ2n) is 5.95. The first-order valence-electron chi connectivity index (χ1n) is 8.26. The monoisotopic (exact) mass is 370 g/mol. The number of anilines is 1. The number of thiazole rings is 1. The van der Waals surface area contributed by atoms with Crippen LogP contribution in [0, 0.1) is 0 Å². The van der Waals surface area contributed by atoms with Crippen molar-refractivity contribution in [3.63, 3.8) is 0 Å². The van der Waals surface area contributed by atoms with Gasteiger partial charge < -0.3 is 10.2 Å². The fourth-order valence-electron chi connectivity index (χ4n) is 2.86. The zero-order valence-corrected chi connectivity index (χ0v) is 15.3. The smallest absolute Gasteiger partial charge is 0.271 e. The van der Waals surface area contributed by atoms with Gasteiger partial charge in [-0.05, 0) is 42.0 Å². The lowest BCUT2D eigenvalue weighted by atomic mass is 10.2. The number of amides is 1. The van der Waals surface area contributed by atoms with Gasteiger partial charge >= 0.3 is 0 Å². The van der Waals surface area contributed by atoms with Crippen LogP contribution in [0.1, 0.15) is 28.9 Å². The van der Waals surface area contributed by atoms with Crippen molar-refractivity contribution in [2.24, 2.45) is 0 Å². The number of carbonyl (C=O) groups excluding carboxylic acids is 1. The third-order valence-corrected chi connectivity index (χ3v) is 5.77. The predicted octanol–water partition coefficient (Wildman–Crippen LogP) is 3.80. The second-order valence-corrected chi connectivity index (χ2v) is 7.59. The van der Waals surface area contributed by atoms with Gasteiger partial charge in [-0.1, -0.05) is 0 Å². The van der Waals surface area contributed by atoms with Gasteiger partial charge in [0.1, 0.15) is 16.5 Å². The van der Waals surface area contributed by atoms with Crippen molar-refractivity contribution in [3.8, 4) is 10.6 Å². The molecule has 0 bridgehead atoms. The Hall–Kier alpha value is -2.25. The number of nitrogens with one attached hydrogen (secondary N) is 1. The van der Waals surface area contributed by atoms with Gasteiger partial charge in [0, 0.05) is 42.2 Å². The van der Waals surface area contributed by atoms with Gasteiger partial charge in [0.15, 0.2) is 0 Å². The van der Waals surface area contributed by atoms with Gasteiger partial charge in [-0.2, -0.15) is 11.3 Å². The van der Waals surface area contributed by atoms with Crippen LogP contribution in [0.15, 0.2) is 40.5 Å². The number of rotatable bonds is 5. The molecule has 3 aromatic heterocycles. The number of pyridine rings is 1. The van der Waals surface area contributed by atoms with Gasteiger partial charge in [-0.25, -0.2) is 9.97 Å². The standard InChI is InChI=1S/C18H18N4OS2/c23-17(15-12-25-18(21-15)14-4-8-24-11-14)20-10-13-3-5-19-16(9-13)22-6-1-2-7-22/h3-5,8-9,11-12H,1-2,6-7,10H2,(H,20,23). The third-order valence-electron chi connectivity index (χ3n) is 4.20. The number of carbonyl (C=O) groups is 1. The molecule has 0 saturated carbocycles. The predicted molar refractivity (Wildman–Crippen MR) is 102 cm³/mol. The number of nitrogens with zero attached hydrogens (tertiary/aromatic N) is 3. The van der Waals surface area contributed by atoms with E-state index in [1.807, 2.05) is 34.5 Å². The Morgan fingerprint density at radius 3 is 2.92 bits per heavy atom. The lowest BCUT2D eigenvalue weighted by Gasteiger charge is -2.16. The first kappa shape index (κ1) is 16.2. The van der Waals surface area contributed by atoms with Crippen LogP contribution in [-0.2, 0) is 6.54 Å². The van der Waals surface area contributed by atoms with E-state index in [1.54, 1.807) is 11.3 Å². The summed E-state index contributed by atoms with van der Waals surface area (Å²) in [5, 5.41) is 9.70. The van der Waals surface area contributed by atoms with Crippen LogP contribution in [0.5, 0.6) is 0 Å². The number of aromatic nitrogens is 2. The Bertz CT molecular complexity index is 854. The molecule has 1 aliphatic heterocycles. The Kier molecular flexibility index (Phi) is 4.76. The summed E-state index contributed by atoms with van der Waals surface area (Å²) in [6.45, 7) is 2.60. The highest BCUT2D eigenvalue weighted by Crippen LogP contribution is 2.25. The van der Waals surface area contributed by atoms with Crippen molar-refractivity contribution in [2.45, 2.75) is 19.4 Å². The minimum absolute atomic E-state index is 0.141. The van der Waals surface area contributed by atoms with Crippen LogP contribution in [-0.4, -0.2) is 29.0 Å². The molecule has 1 aliphatic rings. The third kappa shape index (κ3) is 3.72. The average Bonchev–Trinajstić information content (AvgIpc) is 3.41. The largest absolute Gasteiger partial charge is 0.357 e. The van der Waals surface area contributed by atoms with E-state index in [2.05, 4.69) is 26.3 Å². The van der Waals surface area contributed by atoms with E-state index in [0.717, 1.165) is 35.0 Å². The minimum atomic E-state index is -0.141. The first-order valence-corrected chi connectivity index (χ1v) is 10.1. The maximum absolute atomic E-state index is 12.4. The second kappa shape index (κ2) is 7.33. The minimum Gasteiger partial charge on any atom is -0.357 e. The molecule has 5 nitrogen and oxygen atoms in total. The molecule has 0 radical (unpaired) electrons. The van der Waals surface area contributed by atoms with Crippen LogP contribution >= 0.6 is 22.7 Å². The summed E-state index contributed by atoms with van der Waals surface area (Å²) in [5.41, 5.74) is 2.59. The Morgan fingerprint density at radius 2 is 2.12 bits per heavy atom. The van der Waals surface area contributed by atoms with Crippen molar-refractivity contribution in [1.82, 2.24) is 15.3 Å². The highest BCUT2D eigenvalue weighted by Gasteiger charge is 2.15. The molecule has 0 spiro atoms. The van der Waals surface area contributed by atoms with Gasteiger partial charge in [-0.15, -0.1) is 11.3 Å². The highest BCUT2D eigenvalue weighted by atomic mass is 32.1. The van der Waals surface area contributed by atoms with Crippen LogP contribution in [0.25, 0.3) is 10.6 Å². The topological polar surface area (TPSA) is 58.1 Å². The molecule has 1 saturated heterocycles. The molecule has 3 aromatic rings. The van der Waals surface area contributed by atoms with E-state index < -0.39 is 0 Å². The van der Waals surface area contributed by atoms with E-state index in [4.69, 9.17) is 0 Å². The van der Waals surface area contributed by atoms with Crippen molar-refractivity contribution in [2.75, 3.05) is 18.0 Å². The molecule has 7 heteroatoms. The molecular weight excluding hydrogens is 352 g/mol. The maximum Gasteiger partial charge on any atom is 0.271 e. The van der Waals surface area contributed by atoms with Crippen molar-refractivity contribution >= 4 is 34.4 Å². The lowest BCUT2D eigenvalue weighted by Crippen LogP contribution is -2.24. The first-order chi connectivity index (χ1) is 12.3. The van der Waals surface area contributed by atoms with E-state index in [1.165, 1.54) is 24.2 Å². The molecule has 1 N–H and O–H groups in total. The van der Waals surface area contributed by atoms with Gasteiger partial charge in [0.2, 0.25) is 0 Å². The van der Waals surface area contributed by atoms with Gasteiger partial charge in [0.05, 0.1) is 0 Å². The molecule has 1 amide bonds. The van der Waals surface area contributed by atoms with E-state index in [-0.39, 0.29) is 5.91 Å². The van der Waals surface area contributed by atoms with Gasteiger partial charge in [-0.3, -0.25) is 4.79 Å². The average molecular weight is 371 g/mol. The zero-order valence-electron chi connectivity index (χ0n) is 13.6. The number of hydrogen-bond donors (Lipinski definition) is 1. The molecule has 0 atom stereocenters. The van der Waals surface area contributed by atoms with Crippen LogP contribution < -0.4 is 10.2 Å².